The van der Waals surface area contributed by atoms with Crippen molar-refractivity contribution >= 4 is 83.5 Å². The first-order chi connectivity index (χ1) is 27.3. The predicted molar refractivity (Wildman–Crippen MR) is 228 cm³/mol. The van der Waals surface area contributed by atoms with Crippen molar-refractivity contribution in [3.63, 3.8) is 0 Å². The molecule has 0 bridgehead atoms. The highest BCUT2D eigenvalue weighted by atomic mass is 16.5. The molecule has 0 N–H and O–H groups in total. The Labute approximate surface area is 318 Å². The van der Waals surface area contributed by atoms with E-state index in [1.165, 1.54) is 32.4 Å². The fourth-order valence-electron chi connectivity index (χ4n) is 9.18. The van der Waals surface area contributed by atoms with Crippen LogP contribution in [0.25, 0.3) is 49.0 Å². The molecule has 3 heterocycles. The summed E-state index contributed by atoms with van der Waals surface area (Å²) in [6.07, 6.45) is 0. The average molecular weight is 703 g/mol. The fourth-order valence-corrected chi connectivity index (χ4v) is 9.18. The number of benzene rings is 9. The molecule has 1 aromatic heterocycles. The maximum absolute atomic E-state index is 6.92. The number of rotatable bonds is 4. The Kier molecular flexibility index (Phi) is 6.40. The van der Waals surface area contributed by atoms with E-state index in [2.05, 4.69) is 191 Å². The molecule has 2 aliphatic heterocycles. The van der Waals surface area contributed by atoms with Crippen molar-refractivity contribution in [1.82, 2.24) is 4.57 Å². The number of fused-ring (bicyclic) bond motifs is 11. The van der Waals surface area contributed by atoms with Crippen molar-refractivity contribution in [3.05, 3.63) is 188 Å². The highest BCUT2D eigenvalue weighted by Crippen LogP contribution is 2.46. The molecule has 0 radical (unpaired) electrons. The van der Waals surface area contributed by atoms with Crippen LogP contribution in [0.2, 0.25) is 0 Å². The van der Waals surface area contributed by atoms with Crippen LogP contribution in [0, 0.1) is 0 Å². The third kappa shape index (κ3) is 4.41. The molecular weight excluding hydrogens is 671 g/mol. The van der Waals surface area contributed by atoms with Crippen molar-refractivity contribution in [2.24, 2.45) is 0 Å². The Balaban J connectivity index is 1.21. The zero-order chi connectivity index (χ0) is 36.0. The van der Waals surface area contributed by atoms with Crippen LogP contribution in [-0.4, -0.2) is 11.3 Å². The smallest absolute Gasteiger partial charge is 0.261 e. The summed E-state index contributed by atoms with van der Waals surface area (Å²) in [5.74, 6) is 3.45. The van der Waals surface area contributed by atoms with Crippen LogP contribution in [0.3, 0.4) is 0 Å². The summed E-state index contributed by atoms with van der Waals surface area (Å²) >= 11 is 0. The molecule has 0 atom stereocenters. The lowest BCUT2D eigenvalue weighted by atomic mass is 9.34. The highest BCUT2D eigenvalue weighted by Gasteiger charge is 2.41. The van der Waals surface area contributed by atoms with Crippen LogP contribution in [-0.2, 0) is 0 Å². The number of aromatic nitrogens is 1. The van der Waals surface area contributed by atoms with Gasteiger partial charge in [0.05, 0.1) is 16.7 Å². The van der Waals surface area contributed by atoms with E-state index in [1.807, 2.05) is 6.07 Å². The molecule has 9 aromatic carbocycles. The normalized spacial score (nSPS) is 12.6. The third-order valence-corrected chi connectivity index (χ3v) is 11.5. The zero-order valence-electron chi connectivity index (χ0n) is 29.7. The second kappa shape index (κ2) is 11.6. The van der Waals surface area contributed by atoms with Crippen LogP contribution in [0.4, 0.5) is 17.1 Å². The van der Waals surface area contributed by atoms with E-state index in [1.54, 1.807) is 0 Å². The number of hydrogen-bond donors (Lipinski definition) is 0. The van der Waals surface area contributed by atoms with Crippen LogP contribution >= 0.6 is 0 Å². The Bertz CT molecular complexity index is 3120. The van der Waals surface area contributed by atoms with Gasteiger partial charge in [-0.1, -0.05) is 115 Å². The van der Waals surface area contributed by atoms with Gasteiger partial charge in [0.2, 0.25) is 0 Å². The van der Waals surface area contributed by atoms with Crippen LogP contribution in [0.5, 0.6) is 23.0 Å². The van der Waals surface area contributed by atoms with Gasteiger partial charge in [0.25, 0.3) is 6.71 Å². The first kappa shape index (κ1) is 30.2. The number of nitrogens with zero attached hydrogens (tertiary/aromatic N) is 2. The van der Waals surface area contributed by atoms with E-state index in [9.17, 15) is 0 Å². The number of para-hydroxylation sites is 3. The summed E-state index contributed by atoms with van der Waals surface area (Å²) < 4.78 is 16.0. The van der Waals surface area contributed by atoms with Gasteiger partial charge in [0.15, 0.2) is 0 Å². The molecule has 0 saturated heterocycles. The molecule has 0 saturated carbocycles. The summed E-state index contributed by atoms with van der Waals surface area (Å²) in [6, 6.07) is 67.1. The third-order valence-electron chi connectivity index (χ3n) is 11.5. The van der Waals surface area contributed by atoms with Gasteiger partial charge in [-0.15, -0.1) is 0 Å². The molecule has 10 aromatic rings. The van der Waals surface area contributed by atoms with E-state index < -0.39 is 0 Å². The van der Waals surface area contributed by atoms with Crippen molar-refractivity contribution in [2.75, 3.05) is 4.90 Å². The van der Waals surface area contributed by atoms with Crippen LogP contribution in [0.15, 0.2) is 188 Å². The van der Waals surface area contributed by atoms with Gasteiger partial charge in [-0.25, -0.2) is 0 Å². The molecular formula is C50H31BN2O2. The van der Waals surface area contributed by atoms with Gasteiger partial charge in [-0.2, -0.15) is 0 Å². The predicted octanol–water partition coefficient (Wildman–Crippen LogP) is 11.3. The van der Waals surface area contributed by atoms with E-state index >= 15 is 0 Å². The largest absolute Gasteiger partial charge is 0.458 e. The zero-order valence-corrected chi connectivity index (χ0v) is 29.7. The Morgan fingerprint density at radius 1 is 0.418 bits per heavy atom. The summed E-state index contributed by atoms with van der Waals surface area (Å²) in [4.78, 5) is 2.38. The van der Waals surface area contributed by atoms with E-state index in [0.717, 1.165) is 73.1 Å². The Morgan fingerprint density at radius 2 is 1.02 bits per heavy atom. The first-order valence-electron chi connectivity index (χ1n) is 18.8. The Hall–Kier alpha value is -7.24. The van der Waals surface area contributed by atoms with E-state index in [4.69, 9.17) is 9.47 Å². The number of hydrogen-bond acceptors (Lipinski definition) is 3. The van der Waals surface area contributed by atoms with Gasteiger partial charge in [0.1, 0.15) is 23.0 Å². The highest BCUT2D eigenvalue weighted by molar-refractivity contribution is 6.99. The summed E-state index contributed by atoms with van der Waals surface area (Å²) in [6.45, 7) is -0.0737. The molecule has 5 heteroatoms. The summed E-state index contributed by atoms with van der Waals surface area (Å²) in [5.41, 5.74) is 10.1. The second-order valence-electron chi connectivity index (χ2n) is 14.4. The SMILES string of the molecule is c1ccc(N(c2ccccc2)c2cc3c(c4ccccc24)c2cc4c(cc2n3-c2ccccc2)B2c3c(cccc3Oc3ccc5ccccc5c32)O4)cc1. The Morgan fingerprint density at radius 3 is 1.75 bits per heavy atom. The molecule has 0 fully saturated rings. The van der Waals surface area contributed by atoms with E-state index in [-0.39, 0.29) is 6.71 Å². The number of anilines is 3. The van der Waals surface area contributed by atoms with Gasteiger partial charge < -0.3 is 18.9 Å². The topological polar surface area (TPSA) is 26.6 Å². The molecule has 4 nitrogen and oxygen atoms in total. The molecule has 0 aliphatic carbocycles. The lowest BCUT2D eigenvalue weighted by Gasteiger charge is -2.33. The fraction of sp³-hybridized carbons (Fsp3) is 0. The summed E-state index contributed by atoms with van der Waals surface area (Å²) in [7, 11) is 0. The molecule has 0 spiro atoms. The maximum atomic E-state index is 6.92. The van der Waals surface area contributed by atoms with Crippen molar-refractivity contribution < 1.29 is 9.47 Å². The van der Waals surface area contributed by atoms with Crippen LogP contribution in [0.1, 0.15) is 0 Å². The van der Waals surface area contributed by atoms with Gasteiger partial charge in [-0.05, 0) is 99.9 Å². The quantitative estimate of drug-likeness (QED) is 0.171. The minimum Gasteiger partial charge on any atom is -0.458 e. The second-order valence-corrected chi connectivity index (χ2v) is 14.4. The molecule has 12 rings (SSSR count). The van der Waals surface area contributed by atoms with Crippen LogP contribution < -0.4 is 30.8 Å². The van der Waals surface area contributed by atoms with Gasteiger partial charge >= 0.3 is 0 Å². The monoisotopic (exact) mass is 702 g/mol. The minimum absolute atomic E-state index is 0.0737. The first-order valence-corrected chi connectivity index (χ1v) is 18.8. The number of ether oxygens (including phenoxy) is 2. The lowest BCUT2D eigenvalue weighted by molar-refractivity contribution is 0.465. The van der Waals surface area contributed by atoms with Crippen molar-refractivity contribution in [2.45, 2.75) is 0 Å². The van der Waals surface area contributed by atoms with Crippen molar-refractivity contribution in [1.29, 1.82) is 0 Å². The molecule has 2 aliphatic rings. The standard InChI is InChI=1S/C50H31BN2O2/c1-4-16-33(17-5-1)52(34-18-6-2-7-19-34)42-31-43-48(38-24-13-12-23-37(38)42)39-29-47-40(30-41(39)53(43)35-20-8-3-9-21-35)51-49-36-22-11-10-15-32(36)27-28-46(49)54-44-25-14-26-45(55-47)50(44)51/h1-31H. The molecule has 0 amide bonds. The minimum atomic E-state index is -0.0737. The van der Waals surface area contributed by atoms with Gasteiger partial charge in [0, 0.05) is 38.7 Å². The molecule has 0 unspecified atom stereocenters. The molecule has 55 heavy (non-hydrogen) atoms. The molecule has 256 valence electrons. The lowest BCUT2D eigenvalue weighted by Crippen LogP contribution is -2.57. The van der Waals surface area contributed by atoms with E-state index in [0.29, 0.717) is 0 Å². The van der Waals surface area contributed by atoms with Gasteiger partial charge in [-0.3, -0.25) is 0 Å². The summed E-state index contributed by atoms with van der Waals surface area (Å²) in [5, 5.41) is 7.10. The maximum Gasteiger partial charge on any atom is 0.261 e. The average Bonchev–Trinajstić information content (AvgIpc) is 3.57. The van der Waals surface area contributed by atoms with Crippen molar-refractivity contribution in [3.8, 4) is 28.7 Å².